The lowest BCUT2D eigenvalue weighted by Crippen LogP contribution is -2.10. The van der Waals surface area contributed by atoms with Crippen LogP contribution in [0.25, 0.3) is 6.08 Å². The Morgan fingerprint density at radius 2 is 1.96 bits per heavy atom. The molecule has 0 aliphatic rings. The molecule has 0 aliphatic carbocycles. The number of aromatic hydroxyl groups is 1. The molecule has 0 bridgehead atoms. The molecular weight excluding hydrogens is 332 g/mol. The summed E-state index contributed by atoms with van der Waals surface area (Å²) in [5.41, 5.74) is 0.703. The summed E-state index contributed by atoms with van der Waals surface area (Å²) < 4.78 is 15.4. The molecule has 0 aromatic heterocycles. The van der Waals surface area contributed by atoms with E-state index >= 15 is 0 Å². The molecule has 2 rings (SSSR count). The van der Waals surface area contributed by atoms with Gasteiger partial charge in [0.25, 0.3) is 0 Å². The van der Waals surface area contributed by atoms with Crippen LogP contribution in [-0.2, 0) is 9.53 Å². The smallest absolute Gasteiger partial charge is 0.330 e. The van der Waals surface area contributed by atoms with Gasteiger partial charge in [-0.1, -0.05) is 29.8 Å². The van der Waals surface area contributed by atoms with Crippen LogP contribution in [0.15, 0.2) is 48.5 Å². The maximum absolute atomic E-state index is 11.6. The zero-order valence-electron chi connectivity index (χ0n) is 13.1. The van der Waals surface area contributed by atoms with E-state index in [0.29, 0.717) is 22.1 Å². The number of phenolic OH excluding ortho intramolecular Hbond substituents is 1. The molecule has 2 aromatic carbocycles. The van der Waals surface area contributed by atoms with Crippen LogP contribution in [0.5, 0.6) is 17.2 Å². The topological polar surface area (TPSA) is 65.0 Å². The summed E-state index contributed by atoms with van der Waals surface area (Å²) in [5, 5.41) is 10.0. The fourth-order valence-corrected chi connectivity index (χ4v) is 2.06. The first-order valence-electron chi connectivity index (χ1n) is 7.19. The van der Waals surface area contributed by atoms with Crippen LogP contribution in [0.2, 0.25) is 5.02 Å². The van der Waals surface area contributed by atoms with Crippen LogP contribution in [-0.4, -0.2) is 31.4 Å². The van der Waals surface area contributed by atoms with Gasteiger partial charge < -0.3 is 19.3 Å². The lowest BCUT2D eigenvalue weighted by Gasteiger charge is -2.07. The largest absolute Gasteiger partial charge is 0.504 e. The Morgan fingerprint density at radius 1 is 1.17 bits per heavy atom. The maximum atomic E-state index is 11.6. The van der Waals surface area contributed by atoms with Crippen molar-refractivity contribution in [3.63, 3.8) is 0 Å². The van der Waals surface area contributed by atoms with E-state index in [0.717, 1.165) is 0 Å². The average Bonchev–Trinajstić information content (AvgIpc) is 2.59. The van der Waals surface area contributed by atoms with E-state index in [1.165, 1.54) is 19.3 Å². The van der Waals surface area contributed by atoms with Gasteiger partial charge in [-0.25, -0.2) is 4.79 Å². The van der Waals surface area contributed by atoms with Crippen LogP contribution >= 0.6 is 11.6 Å². The average molecular weight is 349 g/mol. The molecular formula is C18H17ClO5. The quantitative estimate of drug-likeness (QED) is 0.469. The first kappa shape index (κ1) is 17.7. The van der Waals surface area contributed by atoms with Gasteiger partial charge in [0.2, 0.25) is 0 Å². The maximum Gasteiger partial charge on any atom is 0.330 e. The summed E-state index contributed by atoms with van der Waals surface area (Å²) in [6.45, 7) is 0.309. The van der Waals surface area contributed by atoms with E-state index in [2.05, 4.69) is 0 Å². The zero-order chi connectivity index (χ0) is 17.4. The van der Waals surface area contributed by atoms with Crippen LogP contribution in [0.3, 0.4) is 0 Å². The molecule has 0 saturated heterocycles. The van der Waals surface area contributed by atoms with Crippen molar-refractivity contribution in [3.8, 4) is 17.2 Å². The number of methoxy groups -OCH3 is 1. The van der Waals surface area contributed by atoms with Crippen LogP contribution in [0.1, 0.15) is 5.56 Å². The molecule has 0 unspecified atom stereocenters. The van der Waals surface area contributed by atoms with Crippen molar-refractivity contribution >= 4 is 23.6 Å². The van der Waals surface area contributed by atoms with Gasteiger partial charge in [-0.15, -0.1) is 0 Å². The first-order valence-corrected chi connectivity index (χ1v) is 7.57. The molecule has 0 spiro atoms. The third-order valence-electron chi connectivity index (χ3n) is 3.04. The van der Waals surface area contributed by atoms with Crippen LogP contribution < -0.4 is 9.47 Å². The molecule has 126 valence electrons. The molecule has 0 radical (unpaired) electrons. The van der Waals surface area contributed by atoms with Crippen molar-refractivity contribution in [1.82, 2.24) is 0 Å². The highest BCUT2D eigenvalue weighted by atomic mass is 35.5. The predicted octanol–water partition coefficient (Wildman–Crippen LogP) is 3.69. The second kappa shape index (κ2) is 8.84. The van der Waals surface area contributed by atoms with E-state index in [9.17, 15) is 9.90 Å². The number of rotatable bonds is 7. The number of benzene rings is 2. The second-order valence-corrected chi connectivity index (χ2v) is 5.12. The number of ether oxygens (including phenoxy) is 3. The van der Waals surface area contributed by atoms with Gasteiger partial charge in [0.05, 0.1) is 12.1 Å². The number of hydrogen-bond donors (Lipinski definition) is 1. The third kappa shape index (κ3) is 5.21. The normalized spacial score (nSPS) is 10.6. The number of phenols is 1. The van der Waals surface area contributed by atoms with Gasteiger partial charge in [0, 0.05) is 6.08 Å². The standard InChI is InChI=1S/C18H17ClO5/c1-22-17-12-13(6-8-15(17)20)7-9-18(21)24-11-10-23-16-5-3-2-4-14(16)19/h2-9,12,20H,10-11H2,1H3/b9-7+. The van der Waals surface area contributed by atoms with Crippen molar-refractivity contribution in [1.29, 1.82) is 0 Å². The van der Waals surface area contributed by atoms with Crippen molar-refractivity contribution in [3.05, 3.63) is 59.1 Å². The van der Waals surface area contributed by atoms with Gasteiger partial charge in [-0.05, 0) is 35.9 Å². The monoisotopic (exact) mass is 348 g/mol. The summed E-state index contributed by atoms with van der Waals surface area (Å²) in [7, 11) is 1.45. The molecule has 24 heavy (non-hydrogen) atoms. The molecule has 0 amide bonds. The van der Waals surface area contributed by atoms with Gasteiger partial charge in [-0.3, -0.25) is 0 Å². The number of carbonyl (C=O) groups excluding carboxylic acids is 1. The van der Waals surface area contributed by atoms with E-state index in [-0.39, 0.29) is 19.0 Å². The Morgan fingerprint density at radius 3 is 2.71 bits per heavy atom. The summed E-state index contributed by atoms with van der Waals surface area (Å²) in [4.78, 5) is 11.6. The van der Waals surface area contributed by atoms with Crippen molar-refractivity contribution in [2.24, 2.45) is 0 Å². The Labute approximate surface area is 145 Å². The van der Waals surface area contributed by atoms with Crippen molar-refractivity contribution in [2.75, 3.05) is 20.3 Å². The van der Waals surface area contributed by atoms with Crippen LogP contribution in [0.4, 0.5) is 0 Å². The highest BCUT2D eigenvalue weighted by Gasteiger charge is 2.03. The highest BCUT2D eigenvalue weighted by molar-refractivity contribution is 6.32. The number of para-hydroxylation sites is 1. The summed E-state index contributed by atoms with van der Waals surface area (Å²) in [6.07, 6.45) is 2.86. The molecule has 0 fully saturated rings. The van der Waals surface area contributed by atoms with Gasteiger partial charge in [0.15, 0.2) is 11.5 Å². The molecule has 2 aromatic rings. The minimum absolute atomic E-state index is 0.0361. The summed E-state index contributed by atoms with van der Waals surface area (Å²) in [5.74, 6) is 0.416. The van der Waals surface area contributed by atoms with E-state index in [1.54, 1.807) is 36.4 Å². The minimum Gasteiger partial charge on any atom is -0.504 e. The fourth-order valence-electron chi connectivity index (χ4n) is 1.87. The number of esters is 1. The summed E-state index contributed by atoms with van der Waals surface area (Å²) in [6, 6.07) is 11.8. The molecule has 1 N–H and O–H groups in total. The zero-order valence-corrected chi connectivity index (χ0v) is 13.8. The Kier molecular flexibility index (Phi) is 6.51. The molecule has 5 nitrogen and oxygen atoms in total. The predicted molar refractivity (Wildman–Crippen MR) is 91.6 cm³/mol. The first-order chi connectivity index (χ1) is 11.6. The van der Waals surface area contributed by atoms with Crippen molar-refractivity contribution in [2.45, 2.75) is 0 Å². The van der Waals surface area contributed by atoms with Crippen molar-refractivity contribution < 1.29 is 24.1 Å². The van der Waals surface area contributed by atoms with E-state index in [1.807, 2.05) is 6.07 Å². The van der Waals surface area contributed by atoms with E-state index < -0.39 is 5.97 Å². The lowest BCUT2D eigenvalue weighted by atomic mass is 10.2. The Hall–Kier alpha value is -2.66. The number of halogens is 1. The van der Waals surface area contributed by atoms with Crippen LogP contribution in [0, 0.1) is 0 Å². The molecule has 0 atom stereocenters. The fraction of sp³-hybridized carbons (Fsp3) is 0.167. The molecule has 0 saturated carbocycles. The molecule has 0 heterocycles. The van der Waals surface area contributed by atoms with Gasteiger partial charge in [-0.2, -0.15) is 0 Å². The summed E-state index contributed by atoms with van der Waals surface area (Å²) >= 11 is 5.95. The minimum atomic E-state index is -0.496. The Balaban J connectivity index is 1.78. The van der Waals surface area contributed by atoms with Gasteiger partial charge >= 0.3 is 5.97 Å². The highest BCUT2D eigenvalue weighted by Crippen LogP contribution is 2.26. The number of hydrogen-bond acceptors (Lipinski definition) is 5. The SMILES string of the molecule is COc1cc(/C=C/C(=O)OCCOc2ccccc2Cl)ccc1O. The van der Waals surface area contributed by atoms with Gasteiger partial charge in [0.1, 0.15) is 19.0 Å². The lowest BCUT2D eigenvalue weighted by molar-refractivity contribution is -0.138. The second-order valence-electron chi connectivity index (χ2n) is 4.71. The molecule has 6 heteroatoms. The van der Waals surface area contributed by atoms with E-state index in [4.69, 9.17) is 25.8 Å². The Bertz CT molecular complexity index is 727. The molecule has 0 aliphatic heterocycles. The number of carbonyl (C=O) groups is 1. The third-order valence-corrected chi connectivity index (χ3v) is 3.35.